The first-order valence-electron chi connectivity index (χ1n) is 6.32. The molecular weight excluding hydrogens is 232 g/mol. The van der Waals surface area contributed by atoms with Gasteiger partial charge in [0.15, 0.2) is 0 Å². The first-order chi connectivity index (χ1) is 8.61. The van der Waals surface area contributed by atoms with Crippen LogP contribution in [-0.4, -0.2) is 29.7 Å². The molecule has 0 aromatic carbocycles. The van der Waals surface area contributed by atoms with Crippen molar-refractivity contribution in [3.8, 4) is 12.3 Å². The molecule has 0 aromatic rings. The number of urea groups is 1. The van der Waals surface area contributed by atoms with Crippen molar-refractivity contribution in [1.82, 2.24) is 10.6 Å². The van der Waals surface area contributed by atoms with Gasteiger partial charge in [0, 0.05) is 13.0 Å². The van der Waals surface area contributed by atoms with Crippen molar-refractivity contribution in [1.29, 1.82) is 0 Å². The Hall–Kier alpha value is -1.70. The van der Waals surface area contributed by atoms with E-state index in [-0.39, 0.29) is 0 Å². The highest BCUT2D eigenvalue weighted by Crippen LogP contribution is 2.00. The number of hydrogen-bond donors (Lipinski definition) is 3. The zero-order chi connectivity index (χ0) is 13.8. The second-order valence-electron chi connectivity index (χ2n) is 4.09. The quantitative estimate of drug-likeness (QED) is 0.433. The molecule has 0 aromatic heterocycles. The van der Waals surface area contributed by atoms with Gasteiger partial charge in [0.25, 0.3) is 0 Å². The molecule has 5 nitrogen and oxygen atoms in total. The zero-order valence-corrected chi connectivity index (χ0v) is 10.9. The lowest BCUT2D eigenvalue weighted by atomic mass is 10.1. The number of carbonyl (C=O) groups is 2. The third-order valence-corrected chi connectivity index (χ3v) is 2.48. The van der Waals surface area contributed by atoms with Gasteiger partial charge < -0.3 is 15.7 Å². The van der Waals surface area contributed by atoms with E-state index in [4.69, 9.17) is 11.5 Å². The van der Waals surface area contributed by atoms with Crippen molar-refractivity contribution in [2.24, 2.45) is 0 Å². The maximum atomic E-state index is 11.4. The number of unbranched alkanes of at least 4 members (excludes halogenated alkanes) is 3. The molecule has 18 heavy (non-hydrogen) atoms. The van der Waals surface area contributed by atoms with Crippen LogP contribution in [0.4, 0.5) is 4.79 Å². The van der Waals surface area contributed by atoms with E-state index in [0.717, 1.165) is 25.7 Å². The number of nitrogens with one attached hydrogen (secondary N) is 2. The molecule has 0 saturated heterocycles. The summed E-state index contributed by atoms with van der Waals surface area (Å²) in [6, 6.07) is -1.24. The van der Waals surface area contributed by atoms with Gasteiger partial charge in [0.2, 0.25) is 0 Å². The fourth-order valence-corrected chi connectivity index (χ4v) is 1.43. The van der Waals surface area contributed by atoms with E-state index >= 15 is 0 Å². The van der Waals surface area contributed by atoms with Crippen LogP contribution in [0.2, 0.25) is 0 Å². The van der Waals surface area contributed by atoms with E-state index in [1.807, 2.05) is 6.92 Å². The summed E-state index contributed by atoms with van der Waals surface area (Å²) in [7, 11) is 0. The molecule has 0 heterocycles. The van der Waals surface area contributed by atoms with Gasteiger partial charge in [-0.15, -0.1) is 12.3 Å². The largest absolute Gasteiger partial charge is 0.480 e. The number of amides is 2. The minimum Gasteiger partial charge on any atom is -0.480 e. The molecule has 1 unspecified atom stereocenters. The number of terminal acetylenes is 1. The fraction of sp³-hybridized carbons (Fsp3) is 0.692. The van der Waals surface area contributed by atoms with Gasteiger partial charge >= 0.3 is 12.0 Å². The van der Waals surface area contributed by atoms with Crippen LogP contribution < -0.4 is 10.6 Å². The summed E-state index contributed by atoms with van der Waals surface area (Å²) in [6.07, 6.45) is 9.58. The Labute approximate surface area is 108 Å². The molecule has 0 aliphatic rings. The molecule has 5 heteroatoms. The molecular formula is C13H22N2O3. The average molecular weight is 254 g/mol. The molecule has 0 spiro atoms. The topological polar surface area (TPSA) is 78.4 Å². The Morgan fingerprint density at radius 1 is 1.33 bits per heavy atom. The normalized spacial score (nSPS) is 11.3. The van der Waals surface area contributed by atoms with Crippen molar-refractivity contribution in [2.75, 3.05) is 6.54 Å². The van der Waals surface area contributed by atoms with Gasteiger partial charge in [-0.1, -0.05) is 19.8 Å². The highest BCUT2D eigenvalue weighted by molar-refractivity contribution is 5.82. The highest BCUT2D eigenvalue weighted by atomic mass is 16.4. The number of carboxylic acids is 1. The molecule has 1 atom stereocenters. The van der Waals surface area contributed by atoms with Gasteiger partial charge in [-0.25, -0.2) is 9.59 Å². The van der Waals surface area contributed by atoms with Gasteiger partial charge in [-0.3, -0.25) is 0 Å². The molecule has 2 amide bonds. The summed E-state index contributed by atoms with van der Waals surface area (Å²) in [5.41, 5.74) is 0. The van der Waals surface area contributed by atoms with Crippen LogP contribution in [0.3, 0.4) is 0 Å². The van der Waals surface area contributed by atoms with Crippen molar-refractivity contribution in [2.45, 2.75) is 51.5 Å². The summed E-state index contributed by atoms with van der Waals surface area (Å²) in [4.78, 5) is 22.3. The van der Waals surface area contributed by atoms with Crippen molar-refractivity contribution in [3.63, 3.8) is 0 Å². The molecule has 0 bridgehead atoms. The van der Waals surface area contributed by atoms with E-state index in [2.05, 4.69) is 16.6 Å². The third-order valence-electron chi connectivity index (χ3n) is 2.48. The van der Waals surface area contributed by atoms with Crippen molar-refractivity contribution >= 4 is 12.0 Å². The van der Waals surface area contributed by atoms with Gasteiger partial charge in [0.1, 0.15) is 6.04 Å². The smallest absolute Gasteiger partial charge is 0.326 e. The standard InChI is InChI=1S/C13H22N2O3/c1-3-5-7-8-10-14-13(18)15-11(12(16)17)9-6-4-2/h1,11H,4-10H2,2H3,(H,16,17)(H2,14,15,18). The van der Waals surface area contributed by atoms with Crippen molar-refractivity contribution < 1.29 is 14.7 Å². The van der Waals surface area contributed by atoms with E-state index in [9.17, 15) is 9.59 Å². The zero-order valence-electron chi connectivity index (χ0n) is 10.9. The van der Waals surface area contributed by atoms with Crippen LogP contribution >= 0.6 is 0 Å². The molecule has 102 valence electrons. The molecule has 0 radical (unpaired) electrons. The van der Waals surface area contributed by atoms with Crippen LogP contribution in [0.5, 0.6) is 0 Å². The van der Waals surface area contributed by atoms with Crippen LogP contribution in [-0.2, 0) is 4.79 Å². The Bertz CT molecular complexity index is 297. The number of carbonyl (C=O) groups excluding carboxylic acids is 1. The minimum absolute atomic E-state index is 0.431. The predicted octanol–water partition coefficient (Wildman–Crippen LogP) is 1.73. The fourth-order valence-electron chi connectivity index (χ4n) is 1.43. The second-order valence-corrected chi connectivity index (χ2v) is 4.09. The lowest BCUT2D eigenvalue weighted by Gasteiger charge is -2.14. The first-order valence-corrected chi connectivity index (χ1v) is 6.32. The highest BCUT2D eigenvalue weighted by Gasteiger charge is 2.18. The number of aliphatic carboxylic acids is 1. The monoisotopic (exact) mass is 254 g/mol. The van der Waals surface area contributed by atoms with E-state index < -0.39 is 18.0 Å². The van der Waals surface area contributed by atoms with Crippen LogP contribution in [0.15, 0.2) is 0 Å². The molecule has 0 saturated carbocycles. The summed E-state index contributed by atoms with van der Waals surface area (Å²) in [5.74, 6) is 1.53. The molecule has 3 N–H and O–H groups in total. The lowest BCUT2D eigenvalue weighted by Crippen LogP contribution is -2.46. The SMILES string of the molecule is C#CCCCCNC(=O)NC(CCCC)C(=O)O. The van der Waals surface area contributed by atoms with Gasteiger partial charge in [0.05, 0.1) is 0 Å². The Balaban J connectivity index is 3.81. The molecule has 0 rings (SSSR count). The Morgan fingerprint density at radius 3 is 2.61 bits per heavy atom. The third kappa shape index (κ3) is 8.45. The summed E-state index contributed by atoms with van der Waals surface area (Å²) in [5, 5.41) is 14.0. The number of rotatable bonds is 9. The minimum atomic E-state index is -0.995. The Morgan fingerprint density at radius 2 is 2.06 bits per heavy atom. The molecule has 0 aliphatic carbocycles. The maximum absolute atomic E-state index is 11.4. The maximum Gasteiger partial charge on any atom is 0.326 e. The van der Waals surface area contributed by atoms with Crippen LogP contribution in [0.1, 0.15) is 45.4 Å². The first kappa shape index (κ1) is 16.3. The van der Waals surface area contributed by atoms with E-state index in [0.29, 0.717) is 19.4 Å². The van der Waals surface area contributed by atoms with Crippen LogP contribution in [0, 0.1) is 12.3 Å². The molecule has 0 aliphatic heterocycles. The summed E-state index contributed by atoms with van der Waals surface area (Å²) >= 11 is 0. The summed E-state index contributed by atoms with van der Waals surface area (Å²) in [6.45, 7) is 2.48. The van der Waals surface area contributed by atoms with E-state index in [1.54, 1.807) is 0 Å². The van der Waals surface area contributed by atoms with Gasteiger partial charge in [-0.05, 0) is 19.3 Å². The average Bonchev–Trinajstić information content (AvgIpc) is 2.33. The Kier molecular flexibility index (Phi) is 9.47. The molecule has 0 fully saturated rings. The predicted molar refractivity (Wildman–Crippen MR) is 70.2 cm³/mol. The number of carboxylic acid groups (broad SMARTS) is 1. The lowest BCUT2D eigenvalue weighted by molar-refractivity contribution is -0.139. The van der Waals surface area contributed by atoms with Crippen LogP contribution in [0.25, 0.3) is 0 Å². The number of hydrogen-bond acceptors (Lipinski definition) is 2. The van der Waals surface area contributed by atoms with Gasteiger partial charge in [-0.2, -0.15) is 0 Å². The second kappa shape index (κ2) is 10.5. The summed E-state index contributed by atoms with van der Waals surface area (Å²) < 4.78 is 0. The van der Waals surface area contributed by atoms with E-state index in [1.165, 1.54) is 0 Å². The van der Waals surface area contributed by atoms with Crippen molar-refractivity contribution in [3.05, 3.63) is 0 Å².